The highest BCUT2D eigenvalue weighted by Crippen LogP contribution is 2.30. The fourth-order valence-corrected chi connectivity index (χ4v) is 1.89. The fourth-order valence-electron chi connectivity index (χ4n) is 1.47. The predicted octanol–water partition coefficient (Wildman–Crippen LogP) is 3.46. The van der Waals surface area contributed by atoms with Crippen molar-refractivity contribution in [3.8, 4) is 17.2 Å². The van der Waals surface area contributed by atoms with Gasteiger partial charge in [0.25, 0.3) is 0 Å². The predicted molar refractivity (Wildman–Crippen MR) is 68.0 cm³/mol. The molecule has 0 saturated heterocycles. The first-order chi connectivity index (χ1) is 8.24. The number of hydrogen-bond acceptors (Lipinski definition) is 4. The summed E-state index contributed by atoms with van der Waals surface area (Å²) < 4.78 is 11.7. The van der Waals surface area contributed by atoms with Gasteiger partial charge in [-0.2, -0.15) is 0 Å². The molecule has 0 saturated carbocycles. The monoisotopic (exact) mass is 296 g/mol. The van der Waals surface area contributed by atoms with Gasteiger partial charge in [0, 0.05) is 10.9 Å². The Balaban J connectivity index is 2.37. The molecular weight excluding hydrogens is 284 g/mol. The molecule has 5 heteroatoms. The summed E-state index contributed by atoms with van der Waals surface area (Å²) >= 11 is 3.46. The molecule has 17 heavy (non-hydrogen) atoms. The Hall–Kier alpha value is -1.36. The number of methoxy groups -OCH3 is 1. The molecule has 0 radical (unpaired) electrons. The lowest BCUT2D eigenvalue weighted by Crippen LogP contribution is -1.85. The first-order valence-electron chi connectivity index (χ1n) is 5.41. The van der Waals surface area contributed by atoms with E-state index in [2.05, 4.69) is 33.1 Å². The van der Waals surface area contributed by atoms with Crippen LogP contribution < -0.4 is 4.74 Å². The van der Waals surface area contributed by atoms with Gasteiger partial charge in [-0.05, 0) is 40.5 Å². The highest BCUT2D eigenvalue weighted by atomic mass is 79.9. The maximum Gasteiger partial charge on any atom is 0.249 e. The van der Waals surface area contributed by atoms with Gasteiger partial charge in [-0.15, -0.1) is 10.2 Å². The van der Waals surface area contributed by atoms with E-state index < -0.39 is 0 Å². The minimum absolute atomic E-state index is 0.513. The molecule has 0 aliphatic rings. The van der Waals surface area contributed by atoms with Crippen LogP contribution in [0.2, 0.25) is 0 Å². The number of ether oxygens (including phenoxy) is 1. The third-order valence-electron chi connectivity index (χ3n) is 2.33. The normalized spacial score (nSPS) is 10.5. The summed E-state index contributed by atoms with van der Waals surface area (Å²) in [5, 5.41) is 8.04. The smallest absolute Gasteiger partial charge is 0.249 e. The lowest BCUT2D eigenvalue weighted by atomic mass is 10.2. The number of aryl methyl sites for hydroxylation is 1. The molecule has 0 spiro atoms. The molecule has 0 bridgehead atoms. The highest BCUT2D eigenvalue weighted by Gasteiger charge is 2.12. The minimum atomic E-state index is 0.513. The van der Waals surface area contributed by atoms with Gasteiger partial charge >= 0.3 is 0 Å². The largest absolute Gasteiger partial charge is 0.497 e. The van der Waals surface area contributed by atoms with E-state index in [1.807, 2.05) is 18.2 Å². The van der Waals surface area contributed by atoms with Crippen LogP contribution in [0.15, 0.2) is 27.1 Å². The van der Waals surface area contributed by atoms with Gasteiger partial charge in [-0.25, -0.2) is 0 Å². The van der Waals surface area contributed by atoms with Gasteiger partial charge in [-0.3, -0.25) is 0 Å². The second-order valence-corrected chi connectivity index (χ2v) is 4.45. The summed E-state index contributed by atoms with van der Waals surface area (Å²) in [4.78, 5) is 0. The van der Waals surface area contributed by atoms with Crippen molar-refractivity contribution < 1.29 is 9.15 Å². The molecule has 0 aliphatic carbocycles. The zero-order valence-corrected chi connectivity index (χ0v) is 11.3. The number of nitrogens with zero attached hydrogens (tertiary/aromatic N) is 2. The van der Waals surface area contributed by atoms with E-state index in [1.165, 1.54) is 0 Å². The summed E-state index contributed by atoms with van der Waals surface area (Å²) in [6, 6.07) is 5.64. The summed E-state index contributed by atoms with van der Waals surface area (Å²) in [7, 11) is 1.63. The van der Waals surface area contributed by atoms with E-state index in [0.717, 1.165) is 28.6 Å². The molecule has 0 aliphatic heterocycles. The molecule has 90 valence electrons. The second-order valence-electron chi connectivity index (χ2n) is 3.60. The molecule has 0 fully saturated rings. The van der Waals surface area contributed by atoms with Crippen molar-refractivity contribution in [1.29, 1.82) is 0 Å². The average Bonchev–Trinajstić information content (AvgIpc) is 2.79. The van der Waals surface area contributed by atoms with E-state index in [1.54, 1.807) is 7.11 Å². The first kappa shape index (κ1) is 12.1. The van der Waals surface area contributed by atoms with Crippen molar-refractivity contribution >= 4 is 15.9 Å². The van der Waals surface area contributed by atoms with Crippen molar-refractivity contribution in [3.05, 3.63) is 28.6 Å². The molecule has 0 amide bonds. The van der Waals surface area contributed by atoms with Crippen molar-refractivity contribution in [3.63, 3.8) is 0 Å². The van der Waals surface area contributed by atoms with Crippen LogP contribution in [0, 0.1) is 0 Å². The Labute approximate surface area is 108 Å². The summed E-state index contributed by atoms with van der Waals surface area (Å²) in [6.07, 6.45) is 1.79. The SMILES string of the molecule is CCCc1nnc(-c2cc(OC)ccc2Br)o1. The number of halogens is 1. The Kier molecular flexibility index (Phi) is 3.78. The van der Waals surface area contributed by atoms with E-state index in [4.69, 9.17) is 9.15 Å². The number of rotatable bonds is 4. The lowest BCUT2D eigenvalue weighted by Gasteiger charge is -2.03. The van der Waals surface area contributed by atoms with E-state index in [-0.39, 0.29) is 0 Å². The van der Waals surface area contributed by atoms with Crippen LogP contribution in [0.5, 0.6) is 5.75 Å². The molecule has 1 heterocycles. The fraction of sp³-hybridized carbons (Fsp3) is 0.333. The van der Waals surface area contributed by atoms with Crippen LogP contribution in [-0.4, -0.2) is 17.3 Å². The zero-order chi connectivity index (χ0) is 12.3. The van der Waals surface area contributed by atoms with Crippen molar-refractivity contribution in [2.75, 3.05) is 7.11 Å². The van der Waals surface area contributed by atoms with Gasteiger partial charge < -0.3 is 9.15 Å². The summed E-state index contributed by atoms with van der Waals surface area (Å²) in [6.45, 7) is 2.07. The Morgan fingerprint density at radius 2 is 2.18 bits per heavy atom. The minimum Gasteiger partial charge on any atom is -0.497 e. The molecule has 4 nitrogen and oxygen atoms in total. The van der Waals surface area contributed by atoms with Gasteiger partial charge in [0.1, 0.15) is 5.75 Å². The van der Waals surface area contributed by atoms with Gasteiger partial charge in [0.15, 0.2) is 0 Å². The maximum absolute atomic E-state index is 5.58. The summed E-state index contributed by atoms with van der Waals surface area (Å²) in [5.74, 6) is 1.94. The third kappa shape index (κ3) is 2.66. The molecule has 0 N–H and O–H groups in total. The van der Waals surface area contributed by atoms with Crippen LogP contribution in [0.3, 0.4) is 0 Å². The number of benzene rings is 1. The quantitative estimate of drug-likeness (QED) is 0.867. The van der Waals surface area contributed by atoms with Gasteiger partial charge in [-0.1, -0.05) is 6.92 Å². The third-order valence-corrected chi connectivity index (χ3v) is 3.03. The molecule has 2 rings (SSSR count). The molecule has 1 aromatic carbocycles. The van der Waals surface area contributed by atoms with Crippen molar-refractivity contribution in [2.24, 2.45) is 0 Å². The van der Waals surface area contributed by atoms with Crippen LogP contribution in [0.1, 0.15) is 19.2 Å². The van der Waals surface area contributed by atoms with Crippen molar-refractivity contribution in [1.82, 2.24) is 10.2 Å². The number of hydrogen-bond donors (Lipinski definition) is 0. The number of aromatic nitrogens is 2. The van der Waals surface area contributed by atoms with Crippen LogP contribution >= 0.6 is 15.9 Å². The molecular formula is C12H13BrN2O2. The molecule has 1 aromatic heterocycles. The molecule has 0 unspecified atom stereocenters. The Morgan fingerprint density at radius 3 is 2.88 bits per heavy atom. The standard InChI is InChI=1S/C12H13BrN2O2/c1-3-4-11-14-15-12(17-11)9-7-8(16-2)5-6-10(9)13/h5-7H,3-4H2,1-2H3. The average molecular weight is 297 g/mol. The van der Waals surface area contributed by atoms with Crippen LogP contribution in [-0.2, 0) is 6.42 Å². The van der Waals surface area contributed by atoms with E-state index in [9.17, 15) is 0 Å². The first-order valence-corrected chi connectivity index (χ1v) is 6.20. The topological polar surface area (TPSA) is 48.2 Å². The zero-order valence-electron chi connectivity index (χ0n) is 9.74. The second kappa shape index (κ2) is 5.31. The summed E-state index contributed by atoms with van der Waals surface area (Å²) in [5.41, 5.74) is 0.846. The van der Waals surface area contributed by atoms with E-state index in [0.29, 0.717) is 11.8 Å². The van der Waals surface area contributed by atoms with Crippen molar-refractivity contribution in [2.45, 2.75) is 19.8 Å². The molecule has 2 aromatic rings. The van der Waals surface area contributed by atoms with E-state index >= 15 is 0 Å². The maximum atomic E-state index is 5.58. The lowest BCUT2D eigenvalue weighted by molar-refractivity contribution is 0.414. The van der Waals surface area contributed by atoms with Gasteiger partial charge in [0.05, 0.1) is 12.7 Å². The van der Waals surface area contributed by atoms with Crippen LogP contribution in [0.4, 0.5) is 0 Å². The Bertz CT molecular complexity index is 511. The van der Waals surface area contributed by atoms with Gasteiger partial charge in [0.2, 0.25) is 11.8 Å². The highest BCUT2D eigenvalue weighted by molar-refractivity contribution is 9.10. The van der Waals surface area contributed by atoms with Crippen LogP contribution in [0.25, 0.3) is 11.5 Å². The molecule has 0 atom stereocenters. The Morgan fingerprint density at radius 1 is 1.35 bits per heavy atom.